The molecule has 6 nitrogen and oxygen atoms in total. The summed E-state index contributed by atoms with van der Waals surface area (Å²) in [5.74, 6) is -0.340. The van der Waals surface area contributed by atoms with E-state index in [0.29, 0.717) is 20.7 Å². The molecule has 0 saturated carbocycles. The topological polar surface area (TPSA) is 87.9 Å². The van der Waals surface area contributed by atoms with Gasteiger partial charge in [-0.05, 0) is 50.4 Å². The van der Waals surface area contributed by atoms with Crippen LogP contribution in [0.1, 0.15) is 19.8 Å². The van der Waals surface area contributed by atoms with Gasteiger partial charge in [-0.15, -0.1) is 0 Å². The summed E-state index contributed by atoms with van der Waals surface area (Å²) in [4.78, 5) is 4.39. The van der Waals surface area contributed by atoms with Gasteiger partial charge in [0.05, 0.1) is 15.6 Å². The predicted molar refractivity (Wildman–Crippen MR) is 105 cm³/mol. The number of benzene rings is 1. The average Bonchev–Trinajstić information content (AvgIpc) is 3.08. The van der Waals surface area contributed by atoms with Gasteiger partial charge < -0.3 is 21.1 Å². The number of halogens is 2. The Hall–Kier alpha value is -1.13. The van der Waals surface area contributed by atoms with Crippen LogP contribution in [0.25, 0.3) is 0 Å². The molecule has 25 heavy (non-hydrogen) atoms. The number of anilines is 2. The molecule has 0 aliphatic carbocycles. The molecule has 10 heteroatoms. The van der Waals surface area contributed by atoms with Gasteiger partial charge in [0, 0.05) is 30.7 Å². The standard InChI is InChI=1S/C15H22ClFN6S2/c1-10(18)8-19-4-2-3-5-20-13-7-12(17)14(6-11(13)16)24-23-15-21-9-22-25-15/h6-7,9-10,19-20H,2-5,8,18H2,1H3,(H,21,22,23)/t10-/m0/s1. The van der Waals surface area contributed by atoms with Crippen molar-refractivity contribution in [2.75, 3.05) is 29.7 Å². The zero-order valence-corrected chi connectivity index (χ0v) is 16.3. The Bertz CT molecular complexity index is 641. The van der Waals surface area contributed by atoms with Crippen molar-refractivity contribution in [3.8, 4) is 0 Å². The summed E-state index contributed by atoms with van der Waals surface area (Å²) in [7, 11) is 0. The maximum atomic E-state index is 14.2. The molecule has 1 aromatic heterocycles. The van der Waals surface area contributed by atoms with E-state index >= 15 is 0 Å². The summed E-state index contributed by atoms with van der Waals surface area (Å²) in [6.45, 7) is 4.43. The first kappa shape index (κ1) is 20.2. The van der Waals surface area contributed by atoms with Crippen molar-refractivity contribution in [1.29, 1.82) is 0 Å². The van der Waals surface area contributed by atoms with E-state index in [-0.39, 0.29) is 11.9 Å². The molecule has 2 rings (SSSR count). The van der Waals surface area contributed by atoms with Gasteiger partial charge in [-0.25, -0.2) is 9.37 Å². The second-order valence-electron chi connectivity index (χ2n) is 5.53. The smallest absolute Gasteiger partial charge is 0.212 e. The van der Waals surface area contributed by atoms with Gasteiger partial charge in [0.1, 0.15) is 12.1 Å². The number of nitrogens with zero attached hydrogens (tertiary/aromatic N) is 2. The van der Waals surface area contributed by atoms with E-state index in [1.807, 2.05) is 6.92 Å². The Morgan fingerprint density at radius 2 is 2.16 bits per heavy atom. The van der Waals surface area contributed by atoms with E-state index in [4.69, 9.17) is 17.3 Å². The minimum Gasteiger partial charge on any atom is -0.384 e. The highest BCUT2D eigenvalue weighted by Crippen LogP contribution is 2.31. The van der Waals surface area contributed by atoms with Gasteiger partial charge in [0.2, 0.25) is 5.13 Å². The van der Waals surface area contributed by atoms with E-state index < -0.39 is 0 Å². The van der Waals surface area contributed by atoms with Gasteiger partial charge in [-0.3, -0.25) is 0 Å². The second-order valence-corrected chi connectivity index (χ2v) is 7.56. The fraction of sp³-hybridized carbons (Fsp3) is 0.467. The van der Waals surface area contributed by atoms with Crippen LogP contribution in [-0.2, 0) is 0 Å². The van der Waals surface area contributed by atoms with Crippen LogP contribution in [0, 0.1) is 5.82 Å². The number of rotatable bonds is 11. The molecule has 0 spiro atoms. The lowest BCUT2D eigenvalue weighted by atomic mass is 10.2. The monoisotopic (exact) mass is 404 g/mol. The van der Waals surface area contributed by atoms with Crippen LogP contribution >= 0.6 is 35.1 Å². The summed E-state index contributed by atoms with van der Waals surface area (Å²) in [6.07, 6.45) is 3.41. The minimum atomic E-state index is -0.340. The Kier molecular flexibility index (Phi) is 8.70. The van der Waals surface area contributed by atoms with Crippen molar-refractivity contribution in [3.05, 3.63) is 29.3 Å². The SMILES string of the molecule is C[C@H](N)CNCCCCNc1cc(F)c(SNc2ncns2)cc1Cl. The van der Waals surface area contributed by atoms with Crippen LogP contribution in [0.2, 0.25) is 5.02 Å². The van der Waals surface area contributed by atoms with Gasteiger partial charge in [-0.1, -0.05) is 11.6 Å². The Morgan fingerprint density at radius 3 is 2.88 bits per heavy atom. The van der Waals surface area contributed by atoms with Gasteiger partial charge in [-0.2, -0.15) is 4.37 Å². The van der Waals surface area contributed by atoms with E-state index in [1.54, 1.807) is 6.07 Å². The van der Waals surface area contributed by atoms with Crippen molar-refractivity contribution in [2.45, 2.75) is 30.7 Å². The van der Waals surface area contributed by atoms with Crippen molar-refractivity contribution in [2.24, 2.45) is 5.73 Å². The molecule has 5 N–H and O–H groups in total. The molecule has 1 heterocycles. The second kappa shape index (κ2) is 10.8. The first-order valence-electron chi connectivity index (χ1n) is 7.95. The quantitative estimate of drug-likeness (QED) is 0.336. The number of unbranched alkanes of at least 4 members (excludes halogenated alkanes) is 1. The highest BCUT2D eigenvalue weighted by Gasteiger charge is 2.10. The zero-order valence-electron chi connectivity index (χ0n) is 13.9. The van der Waals surface area contributed by atoms with E-state index in [0.717, 1.165) is 44.4 Å². The van der Waals surface area contributed by atoms with Crippen LogP contribution in [0.4, 0.5) is 15.2 Å². The van der Waals surface area contributed by atoms with Crippen LogP contribution < -0.4 is 21.1 Å². The van der Waals surface area contributed by atoms with E-state index in [1.165, 1.54) is 23.9 Å². The minimum absolute atomic E-state index is 0.164. The van der Waals surface area contributed by atoms with E-state index in [2.05, 4.69) is 24.7 Å². The lowest BCUT2D eigenvalue weighted by Gasteiger charge is -2.11. The number of hydrogen-bond donors (Lipinski definition) is 4. The maximum absolute atomic E-state index is 14.2. The highest BCUT2D eigenvalue weighted by atomic mass is 35.5. The maximum Gasteiger partial charge on any atom is 0.212 e. The van der Waals surface area contributed by atoms with Crippen molar-refractivity contribution in [3.63, 3.8) is 0 Å². The molecule has 0 aliphatic rings. The zero-order chi connectivity index (χ0) is 18.1. The number of aromatic nitrogens is 2. The summed E-state index contributed by atoms with van der Waals surface area (Å²) >= 11 is 8.56. The first-order valence-corrected chi connectivity index (χ1v) is 9.92. The van der Waals surface area contributed by atoms with Gasteiger partial charge in [0.15, 0.2) is 0 Å². The van der Waals surface area contributed by atoms with Gasteiger partial charge in [0.25, 0.3) is 0 Å². The molecule has 138 valence electrons. The Labute approximate surface area is 160 Å². The van der Waals surface area contributed by atoms with Crippen LogP contribution in [-0.4, -0.2) is 35.0 Å². The van der Waals surface area contributed by atoms with Gasteiger partial charge >= 0.3 is 0 Å². The molecular weight excluding hydrogens is 383 g/mol. The summed E-state index contributed by atoms with van der Waals surface area (Å²) in [5, 5.41) is 7.55. The number of nitrogens with two attached hydrogens (primary N) is 1. The van der Waals surface area contributed by atoms with E-state index in [9.17, 15) is 4.39 Å². The fourth-order valence-electron chi connectivity index (χ4n) is 1.99. The van der Waals surface area contributed by atoms with Crippen LogP contribution in [0.15, 0.2) is 23.4 Å². The third-order valence-corrected chi connectivity index (χ3v) is 5.04. The fourth-order valence-corrected chi connectivity index (χ4v) is 3.43. The molecule has 0 unspecified atom stereocenters. The largest absolute Gasteiger partial charge is 0.384 e. The third-order valence-electron chi connectivity index (χ3n) is 3.19. The molecule has 1 aromatic carbocycles. The van der Waals surface area contributed by atoms with Crippen LogP contribution in [0.5, 0.6) is 0 Å². The summed E-state index contributed by atoms with van der Waals surface area (Å²) in [5.41, 5.74) is 6.26. The normalized spacial score (nSPS) is 12.2. The molecular formula is C15H22ClFN6S2. The Balaban J connectivity index is 1.75. The molecule has 1 atom stereocenters. The van der Waals surface area contributed by atoms with Crippen molar-refractivity contribution in [1.82, 2.24) is 14.7 Å². The Morgan fingerprint density at radius 1 is 1.36 bits per heavy atom. The number of hydrogen-bond acceptors (Lipinski definition) is 8. The molecule has 0 aliphatic heterocycles. The molecule has 0 radical (unpaired) electrons. The molecule has 0 saturated heterocycles. The van der Waals surface area contributed by atoms with Crippen molar-refractivity contribution < 1.29 is 4.39 Å². The van der Waals surface area contributed by atoms with Crippen molar-refractivity contribution >= 4 is 45.9 Å². The lowest BCUT2D eigenvalue weighted by molar-refractivity contribution is 0.583. The average molecular weight is 405 g/mol. The first-order chi connectivity index (χ1) is 12.1. The predicted octanol–water partition coefficient (Wildman–Crippen LogP) is 3.58. The lowest BCUT2D eigenvalue weighted by Crippen LogP contribution is -2.31. The molecule has 0 amide bonds. The van der Waals surface area contributed by atoms with Crippen LogP contribution in [0.3, 0.4) is 0 Å². The highest BCUT2D eigenvalue weighted by molar-refractivity contribution is 8.00. The molecule has 2 aromatic rings. The number of nitrogens with one attached hydrogen (secondary N) is 3. The summed E-state index contributed by atoms with van der Waals surface area (Å²) < 4.78 is 21.0. The third kappa shape index (κ3) is 7.33. The molecule has 0 fully saturated rings. The molecule has 0 bridgehead atoms. The summed E-state index contributed by atoms with van der Waals surface area (Å²) in [6, 6.07) is 3.18.